The van der Waals surface area contributed by atoms with Crippen molar-refractivity contribution in [2.24, 2.45) is 0 Å². The Hall–Kier alpha value is -4.13. The minimum Gasteiger partial charge on any atom is -0.350 e. The molecule has 0 bridgehead atoms. The van der Waals surface area contributed by atoms with Crippen molar-refractivity contribution in [3.05, 3.63) is 95.6 Å². The zero-order valence-electron chi connectivity index (χ0n) is 18.5. The monoisotopic (exact) mass is 442 g/mol. The Bertz CT molecular complexity index is 1160. The first kappa shape index (κ1) is 22.1. The first-order valence-corrected chi connectivity index (χ1v) is 10.8. The van der Waals surface area contributed by atoms with Crippen molar-refractivity contribution in [2.45, 2.75) is 20.0 Å². The van der Waals surface area contributed by atoms with Gasteiger partial charge < -0.3 is 10.6 Å². The van der Waals surface area contributed by atoms with Gasteiger partial charge in [0.25, 0.3) is 0 Å². The molecular formula is C26H26N4O3. The van der Waals surface area contributed by atoms with Crippen LogP contribution in [0, 0.1) is 6.92 Å². The maximum absolute atomic E-state index is 12.9. The van der Waals surface area contributed by atoms with E-state index in [-0.39, 0.29) is 30.9 Å². The van der Waals surface area contributed by atoms with Crippen molar-refractivity contribution < 1.29 is 14.4 Å². The number of rotatable bonds is 6. The van der Waals surface area contributed by atoms with Gasteiger partial charge >= 0.3 is 6.03 Å². The van der Waals surface area contributed by atoms with Gasteiger partial charge in [0.05, 0.1) is 11.4 Å². The van der Waals surface area contributed by atoms with E-state index in [9.17, 15) is 14.4 Å². The molecule has 3 aromatic rings. The SMILES string of the molecule is Cc1cccc(CNC(=O)CN2C(=O)CN(C(=O)NCc3ccccc3)c3ccccc32)c1. The number of carbonyl (C=O) groups excluding carboxylic acids is 3. The molecule has 3 aromatic carbocycles. The van der Waals surface area contributed by atoms with Crippen molar-refractivity contribution in [1.82, 2.24) is 10.6 Å². The summed E-state index contributed by atoms with van der Waals surface area (Å²) in [7, 11) is 0. The number of hydrogen-bond donors (Lipinski definition) is 2. The predicted octanol–water partition coefficient (Wildman–Crippen LogP) is 3.37. The normalized spacial score (nSPS) is 12.8. The minimum absolute atomic E-state index is 0.110. The second-order valence-electron chi connectivity index (χ2n) is 7.96. The standard InChI is InChI=1S/C26H26N4O3/c1-19-8-7-11-21(14-19)16-27-24(31)17-29-22-12-5-6-13-23(22)30(18-25(29)32)26(33)28-15-20-9-3-2-4-10-20/h2-14H,15-18H2,1H3,(H,27,31)(H,28,33). The van der Waals surface area contributed by atoms with E-state index >= 15 is 0 Å². The quantitative estimate of drug-likeness (QED) is 0.614. The van der Waals surface area contributed by atoms with Crippen molar-refractivity contribution >= 4 is 29.2 Å². The lowest BCUT2D eigenvalue weighted by molar-refractivity contribution is -0.123. The fourth-order valence-corrected chi connectivity index (χ4v) is 3.81. The highest BCUT2D eigenvalue weighted by atomic mass is 16.2. The summed E-state index contributed by atoms with van der Waals surface area (Å²) in [6.45, 7) is 2.50. The number of amides is 4. The average Bonchev–Trinajstić information content (AvgIpc) is 2.83. The fourth-order valence-electron chi connectivity index (χ4n) is 3.81. The fraction of sp³-hybridized carbons (Fsp3) is 0.192. The predicted molar refractivity (Wildman–Crippen MR) is 128 cm³/mol. The smallest absolute Gasteiger partial charge is 0.322 e. The lowest BCUT2D eigenvalue weighted by Gasteiger charge is -2.35. The molecule has 0 radical (unpaired) electrons. The number of urea groups is 1. The molecule has 33 heavy (non-hydrogen) atoms. The maximum Gasteiger partial charge on any atom is 0.322 e. The van der Waals surface area contributed by atoms with Gasteiger partial charge in [-0.05, 0) is 30.2 Å². The zero-order valence-corrected chi connectivity index (χ0v) is 18.5. The molecule has 168 valence electrons. The van der Waals surface area contributed by atoms with Crippen molar-refractivity contribution in [1.29, 1.82) is 0 Å². The van der Waals surface area contributed by atoms with Gasteiger partial charge in [-0.3, -0.25) is 19.4 Å². The average molecular weight is 443 g/mol. The molecule has 2 N–H and O–H groups in total. The number of fused-ring (bicyclic) bond motifs is 1. The van der Waals surface area contributed by atoms with Crippen LogP contribution in [0.15, 0.2) is 78.9 Å². The first-order valence-electron chi connectivity index (χ1n) is 10.8. The van der Waals surface area contributed by atoms with E-state index in [1.165, 1.54) is 9.80 Å². The van der Waals surface area contributed by atoms with E-state index in [1.54, 1.807) is 18.2 Å². The molecule has 0 unspecified atom stereocenters. The van der Waals surface area contributed by atoms with E-state index in [1.807, 2.05) is 67.6 Å². The number of nitrogens with one attached hydrogen (secondary N) is 2. The number of aryl methyl sites for hydroxylation is 1. The van der Waals surface area contributed by atoms with Crippen LogP contribution < -0.4 is 20.4 Å². The third-order valence-electron chi connectivity index (χ3n) is 5.46. The Morgan fingerprint density at radius 3 is 2.24 bits per heavy atom. The van der Waals surface area contributed by atoms with Crippen LogP contribution in [0.2, 0.25) is 0 Å². The van der Waals surface area contributed by atoms with Gasteiger partial charge in [0.1, 0.15) is 13.1 Å². The second-order valence-corrected chi connectivity index (χ2v) is 7.96. The Labute approximate surface area is 193 Å². The molecule has 0 spiro atoms. The van der Waals surface area contributed by atoms with Crippen LogP contribution in [-0.2, 0) is 22.7 Å². The van der Waals surface area contributed by atoms with Crippen LogP contribution in [0.3, 0.4) is 0 Å². The number of nitrogens with zero attached hydrogens (tertiary/aromatic N) is 2. The number of hydrogen-bond acceptors (Lipinski definition) is 3. The lowest BCUT2D eigenvalue weighted by atomic mass is 10.1. The summed E-state index contributed by atoms with van der Waals surface area (Å²) in [5.74, 6) is -0.573. The number of benzene rings is 3. The van der Waals surface area contributed by atoms with E-state index in [2.05, 4.69) is 10.6 Å². The van der Waals surface area contributed by atoms with Crippen molar-refractivity contribution in [3.63, 3.8) is 0 Å². The summed E-state index contributed by atoms with van der Waals surface area (Å²) in [5, 5.41) is 5.74. The number of para-hydroxylation sites is 2. The Morgan fingerprint density at radius 2 is 1.48 bits per heavy atom. The van der Waals surface area contributed by atoms with Crippen molar-refractivity contribution in [2.75, 3.05) is 22.9 Å². The van der Waals surface area contributed by atoms with Gasteiger partial charge in [-0.15, -0.1) is 0 Å². The summed E-state index contributed by atoms with van der Waals surface area (Å²) in [5.41, 5.74) is 4.21. The second kappa shape index (κ2) is 9.99. The van der Waals surface area contributed by atoms with Gasteiger partial charge in [-0.2, -0.15) is 0 Å². The molecule has 7 heteroatoms. The molecule has 1 aliphatic heterocycles. The van der Waals surface area contributed by atoms with Crippen LogP contribution in [0.5, 0.6) is 0 Å². The Balaban J connectivity index is 1.43. The molecule has 4 amide bonds. The molecule has 0 saturated carbocycles. The summed E-state index contributed by atoms with van der Waals surface area (Å²) < 4.78 is 0. The third kappa shape index (κ3) is 5.38. The molecule has 0 atom stereocenters. The molecule has 0 saturated heterocycles. The highest BCUT2D eigenvalue weighted by Crippen LogP contribution is 2.33. The molecule has 4 rings (SSSR count). The molecule has 7 nitrogen and oxygen atoms in total. The van der Waals surface area contributed by atoms with E-state index in [0.717, 1.165) is 16.7 Å². The molecule has 0 aliphatic carbocycles. The summed E-state index contributed by atoms with van der Waals surface area (Å²) >= 11 is 0. The molecule has 1 aliphatic rings. The minimum atomic E-state index is -0.358. The first-order chi connectivity index (χ1) is 16.0. The summed E-state index contributed by atoms with van der Waals surface area (Å²) in [6.07, 6.45) is 0. The molecule has 0 aromatic heterocycles. The highest BCUT2D eigenvalue weighted by molar-refractivity contribution is 6.12. The van der Waals surface area contributed by atoms with Gasteiger partial charge in [-0.1, -0.05) is 72.3 Å². The largest absolute Gasteiger partial charge is 0.350 e. The van der Waals surface area contributed by atoms with E-state index in [0.29, 0.717) is 24.5 Å². The molecular weight excluding hydrogens is 416 g/mol. The van der Waals surface area contributed by atoms with Crippen LogP contribution in [0.1, 0.15) is 16.7 Å². The summed E-state index contributed by atoms with van der Waals surface area (Å²) in [4.78, 5) is 41.2. The third-order valence-corrected chi connectivity index (χ3v) is 5.46. The number of carbonyl (C=O) groups is 3. The summed E-state index contributed by atoms with van der Waals surface area (Å²) in [6, 6.07) is 24.2. The number of anilines is 2. The van der Waals surface area contributed by atoms with Gasteiger partial charge in [0.2, 0.25) is 11.8 Å². The van der Waals surface area contributed by atoms with Crippen LogP contribution in [0.4, 0.5) is 16.2 Å². The topological polar surface area (TPSA) is 81.8 Å². The van der Waals surface area contributed by atoms with Gasteiger partial charge in [0.15, 0.2) is 0 Å². The molecule has 1 heterocycles. The zero-order chi connectivity index (χ0) is 23.2. The van der Waals surface area contributed by atoms with E-state index in [4.69, 9.17) is 0 Å². The van der Waals surface area contributed by atoms with Crippen LogP contribution >= 0.6 is 0 Å². The van der Waals surface area contributed by atoms with Crippen LogP contribution in [-0.4, -0.2) is 30.9 Å². The maximum atomic E-state index is 12.9. The van der Waals surface area contributed by atoms with Crippen LogP contribution in [0.25, 0.3) is 0 Å². The highest BCUT2D eigenvalue weighted by Gasteiger charge is 2.33. The van der Waals surface area contributed by atoms with Gasteiger partial charge in [-0.25, -0.2) is 4.79 Å². The lowest BCUT2D eigenvalue weighted by Crippen LogP contribution is -2.53. The Kier molecular flexibility index (Phi) is 6.69. The Morgan fingerprint density at radius 1 is 0.818 bits per heavy atom. The van der Waals surface area contributed by atoms with E-state index < -0.39 is 0 Å². The molecule has 0 fully saturated rings. The van der Waals surface area contributed by atoms with Crippen molar-refractivity contribution in [3.8, 4) is 0 Å². The van der Waals surface area contributed by atoms with Gasteiger partial charge in [0, 0.05) is 13.1 Å².